The van der Waals surface area contributed by atoms with E-state index in [1.807, 2.05) is 18.5 Å². The number of nitrogens with one attached hydrogen (secondary N) is 1. The molecule has 0 radical (unpaired) electrons. The minimum atomic E-state index is 0.950. The first-order valence-electron chi connectivity index (χ1n) is 3.37. The zero-order chi connectivity index (χ0) is 7.84. The average Bonchev–Trinajstić information content (AvgIpc) is 2.45. The number of nitrogens with zero attached hydrogens (tertiary/aromatic N) is 1. The molecule has 11 heavy (non-hydrogen) atoms. The standard InChI is InChI=1S/C8H7BrN2/c1-5-6-2-3-10-8(6)11-4-7(5)9/h2-4H,1H3,(H,10,11). The minimum Gasteiger partial charge on any atom is -0.346 e. The van der Waals surface area contributed by atoms with Crippen LogP contribution in [0.4, 0.5) is 0 Å². The van der Waals surface area contributed by atoms with E-state index in [1.54, 1.807) is 0 Å². The molecule has 3 heteroatoms. The largest absolute Gasteiger partial charge is 0.346 e. The van der Waals surface area contributed by atoms with Crippen LogP contribution in [0.5, 0.6) is 0 Å². The molecule has 0 unspecified atom stereocenters. The number of hydrogen-bond acceptors (Lipinski definition) is 1. The Hall–Kier alpha value is -0.830. The van der Waals surface area contributed by atoms with Crippen molar-refractivity contribution in [2.24, 2.45) is 0 Å². The van der Waals surface area contributed by atoms with Crippen molar-refractivity contribution in [1.29, 1.82) is 0 Å². The van der Waals surface area contributed by atoms with Crippen molar-refractivity contribution in [3.8, 4) is 0 Å². The number of aryl methyl sites for hydroxylation is 1. The Kier molecular flexibility index (Phi) is 1.46. The van der Waals surface area contributed by atoms with E-state index < -0.39 is 0 Å². The van der Waals surface area contributed by atoms with Crippen LogP contribution < -0.4 is 0 Å². The summed E-state index contributed by atoms with van der Waals surface area (Å²) in [6.45, 7) is 2.07. The number of aromatic nitrogens is 2. The summed E-state index contributed by atoms with van der Waals surface area (Å²) in [6.07, 6.45) is 3.71. The second-order valence-corrected chi connectivity index (χ2v) is 3.33. The summed E-state index contributed by atoms with van der Waals surface area (Å²) in [4.78, 5) is 7.25. The summed E-state index contributed by atoms with van der Waals surface area (Å²) in [5, 5.41) is 1.18. The van der Waals surface area contributed by atoms with Gasteiger partial charge in [0.25, 0.3) is 0 Å². The molecule has 0 saturated carbocycles. The predicted molar refractivity (Wildman–Crippen MR) is 48.5 cm³/mol. The van der Waals surface area contributed by atoms with Crippen molar-refractivity contribution in [1.82, 2.24) is 9.97 Å². The van der Waals surface area contributed by atoms with E-state index in [-0.39, 0.29) is 0 Å². The molecule has 2 aromatic rings. The van der Waals surface area contributed by atoms with Gasteiger partial charge < -0.3 is 4.98 Å². The van der Waals surface area contributed by atoms with E-state index in [9.17, 15) is 0 Å². The van der Waals surface area contributed by atoms with Gasteiger partial charge in [0.05, 0.1) is 0 Å². The molecular weight excluding hydrogens is 204 g/mol. The van der Waals surface area contributed by atoms with E-state index >= 15 is 0 Å². The van der Waals surface area contributed by atoms with Crippen molar-refractivity contribution < 1.29 is 0 Å². The van der Waals surface area contributed by atoms with Gasteiger partial charge in [0.1, 0.15) is 5.65 Å². The highest BCUT2D eigenvalue weighted by Gasteiger charge is 2.01. The number of aromatic amines is 1. The summed E-state index contributed by atoms with van der Waals surface area (Å²) in [5.74, 6) is 0. The van der Waals surface area contributed by atoms with Gasteiger partial charge in [-0.25, -0.2) is 4.98 Å². The first-order chi connectivity index (χ1) is 5.29. The van der Waals surface area contributed by atoms with Gasteiger partial charge in [0.15, 0.2) is 0 Å². The lowest BCUT2D eigenvalue weighted by atomic mass is 10.2. The highest BCUT2D eigenvalue weighted by atomic mass is 79.9. The molecule has 2 heterocycles. The van der Waals surface area contributed by atoms with E-state index in [4.69, 9.17) is 0 Å². The van der Waals surface area contributed by atoms with Gasteiger partial charge in [-0.2, -0.15) is 0 Å². The zero-order valence-electron chi connectivity index (χ0n) is 6.06. The fourth-order valence-corrected chi connectivity index (χ4v) is 1.43. The maximum absolute atomic E-state index is 4.20. The summed E-state index contributed by atoms with van der Waals surface area (Å²) < 4.78 is 1.06. The molecule has 2 nitrogen and oxygen atoms in total. The molecule has 0 aromatic carbocycles. The normalized spacial score (nSPS) is 10.7. The van der Waals surface area contributed by atoms with Crippen LogP contribution in [-0.2, 0) is 0 Å². The van der Waals surface area contributed by atoms with Gasteiger partial charge in [0, 0.05) is 22.3 Å². The molecule has 1 N–H and O–H groups in total. The lowest BCUT2D eigenvalue weighted by molar-refractivity contribution is 1.29. The van der Waals surface area contributed by atoms with Crippen LogP contribution in [0.15, 0.2) is 22.9 Å². The van der Waals surface area contributed by atoms with Gasteiger partial charge in [-0.3, -0.25) is 0 Å². The van der Waals surface area contributed by atoms with Crippen LogP contribution in [0.25, 0.3) is 11.0 Å². The first-order valence-corrected chi connectivity index (χ1v) is 4.16. The van der Waals surface area contributed by atoms with Crippen molar-refractivity contribution in [2.75, 3.05) is 0 Å². The van der Waals surface area contributed by atoms with Crippen LogP contribution in [0.3, 0.4) is 0 Å². The second-order valence-electron chi connectivity index (χ2n) is 2.47. The number of pyridine rings is 1. The van der Waals surface area contributed by atoms with Crippen LogP contribution >= 0.6 is 15.9 Å². The SMILES string of the molecule is Cc1c(Br)cnc2[nH]ccc12. The Labute approximate surface area is 72.8 Å². The fraction of sp³-hybridized carbons (Fsp3) is 0.125. The maximum atomic E-state index is 4.20. The molecule has 0 amide bonds. The van der Waals surface area contributed by atoms with Gasteiger partial charge in [0.2, 0.25) is 0 Å². The van der Waals surface area contributed by atoms with Crippen molar-refractivity contribution in [3.05, 3.63) is 28.5 Å². The maximum Gasteiger partial charge on any atom is 0.137 e. The third kappa shape index (κ3) is 0.959. The smallest absolute Gasteiger partial charge is 0.137 e. The molecule has 0 saturated heterocycles. The Morgan fingerprint density at radius 3 is 3.18 bits per heavy atom. The van der Waals surface area contributed by atoms with Gasteiger partial charge >= 0.3 is 0 Å². The van der Waals surface area contributed by atoms with Crippen molar-refractivity contribution in [3.63, 3.8) is 0 Å². The van der Waals surface area contributed by atoms with E-state index in [0.717, 1.165) is 10.1 Å². The van der Waals surface area contributed by atoms with Crippen molar-refractivity contribution in [2.45, 2.75) is 6.92 Å². The van der Waals surface area contributed by atoms with Crippen LogP contribution in [0.1, 0.15) is 5.56 Å². The van der Waals surface area contributed by atoms with Crippen LogP contribution in [0, 0.1) is 6.92 Å². The predicted octanol–water partition coefficient (Wildman–Crippen LogP) is 2.63. The Morgan fingerprint density at radius 1 is 1.55 bits per heavy atom. The highest BCUT2D eigenvalue weighted by molar-refractivity contribution is 9.10. The first kappa shape index (κ1) is 6.85. The van der Waals surface area contributed by atoms with E-state index in [1.165, 1.54) is 10.9 Å². The molecule has 56 valence electrons. The third-order valence-electron chi connectivity index (χ3n) is 1.79. The summed E-state index contributed by atoms with van der Waals surface area (Å²) >= 11 is 3.42. The minimum absolute atomic E-state index is 0.950. The molecule has 0 aliphatic heterocycles. The monoisotopic (exact) mass is 210 g/mol. The molecule has 0 aliphatic rings. The number of hydrogen-bond donors (Lipinski definition) is 1. The number of halogens is 1. The number of H-pyrrole nitrogens is 1. The highest BCUT2D eigenvalue weighted by Crippen LogP contribution is 2.22. The van der Waals surface area contributed by atoms with E-state index in [2.05, 4.69) is 32.8 Å². The molecule has 2 aromatic heterocycles. The topological polar surface area (TPSA) is 28.7 Å². The lowest BCUT2D eigenvalue weighted by Crippen LogP contribution is -1.80. The van der Waals surface area contributed by atoms with Crippen LogP contribution in [-0.4, -0.2) is 9.97 Å². The molecule has 2 rings (SSSR count). The molecule has 0 aliphatic carbocycles. The second kappa shape index (κ2) is 2.34. The number of rotatable bonds is 0. The summed E-state index contributed by atoms with van der Waals surface area (Å²) in [7, 11) is 0. The summed E-state index contributed by atoms with van der Waals surface area (Å²) in [5.41, 5.74) is 2.18. The quantitative estimate of drug-likeness (QED) is 0.712. The average molecular weight is 211 g/mol. The third-order valence-corrected chi connectivity index (χ3v) is 2.59. The lowest BCUT2D eigenvalue weighted by Gasteiger charge is -1.96. The van der Waals surface area contributed by atoms with Gasteiger partial charge in [-0.15, -0.1) is 0 Å². The molecular formula is C8H7BrN2. The van der Waals surface area contributed by atoms with E-state index in [0.29, 0.717) is 0 Å². The van der Waals surface area contributed by atoms with Gasteiger partial charge in [-0.1, -0.05) is 0 Å². The van der Waals surface area contributed by atoms with Gasteiger partial charge in [-0.05, 0) is 34.5 Å². The molecule has 0 spiro atoms. The Bertz CT molecular complexity index is 392. The fourth-order valence-electron chi connectivity index (χ4n) is 1.12. The Morgan fingerprint density at radius 2 is 2.36 bits per heavy atom. The van der Waals surface area contributed by atoms with Crippen LogP contribution in [0.2, 0.25) is 0 Å². The number of fused-ring (bicyclic) bond motifs is 1. The molecule has 0 fully saturated rings. The molecule has 0 atom stereocenters. The zero-order valence-corrected chi connectivity index (χ0v) is 7.64. The molecule has 0 bridgehead atoms. The van der Waals surface area contributed by atoms with Crippen molar-refractivity contribution >= 4 is 27.0 Å². The summed E-state index contributed by atoms with van der Waals surface area (Å²) in [6, 6.07) is 2.03. The Balaban J connectivity index is 2.93.